The maximum absolute atomic E-state index is 12.6. The summed E-state index contributed by atoms with van der Waals surface area (Å²) in [5, 5.41) is 12.0. The van der Waals surface area contributed by atoms with Crippen LogP contribution in [-0.4, -0.2) is 66.2 Å². The highest BCUT2D eigenvalue weighted by Gasteiger charge is 2.36. The molecule has 1 aliphatic heterocycles. The Morgan fingerprint density at radius 1 is 1.35 bits per heavy atom. The molecule has 6 heteroatoms. The van der Waals surface area contributed by atoms with Crippen LogP contribution < -0.4 is 5.32 Å². The summed E-state index contributed by atoms with van der Waals surface area (Å²) in [4.78, 5) is 27.0. The molecule has 2 N–H and O–H groups in total. The van der Waals surface area contributed by atoms with E-state index in [1.54, 1.807) is 4.90 Å². The molecule has 0 aromatic rings. The number of hydrogen-bond donors (Lipinski definition) is 2. The van der Waals surface area contributed by atoms with Crippen molar-refractivity contribution in [2.24, 2.45) is 5.92 Å². The van der Waals surface area contributed by atoms with Crippen LogP contribution in [-0.2, 0) is 4.79 Å². The number of amides is 2. The van der Waals surface area contributed by atoms with Crippen molar-refractivity contribution in [2.75, 3.05) is 33.2 Å². The van der Waals surface area contributed by atoms with Gasteiger partial charge in [0, 0.05) is 25.7 Å². The molecule has 1 saturated heterocycles. The Morgan fingerprint density at radius 2 is 2.10 bits per heavy atom. The lowest BCUT2D eigenvalue weighted by atomic mass is 9.98. The molecule has 2 amide bonds. The molecule has 1 saturated carbocycles. The van der Waals surface area contributed by atoms with Crippen LogP contribution in [0.1, 0.15) is 32.1 Å². The van der Waals surface area contributed by atoms with Gasteiger partial charge in [0.1, 0.15) is 0 Å². The molecule has 1 unspecified atom stereocenters. The Bertz CT molecular complexity index is 356. The zero-order valence-corrected chi connectivity index (χ0v) is 12.2. The third-order valence-corrected chi connectivity index (χ3v) is 4.08. The van der Waals surface area contributed by atoms with Gasteiger partial charge in [-0.3, -0.25) is 4.79 Å². The molecule has 1 aliphatic carbocycles. The molecule has 20 heavy (non-hydrogen) atoms. The zero-order chi connectivity index (χ0) is 14.5. The number of piperidine rings is 1. The van der Waals surface area contributed by atoms with Gasteiger partial charge in [-0.2, -0.15) is 0 Å². The van der Waals surface area contributed by atoms with E-state index in [9.17, 15) is 9.59 Å². The lowest BCUT2D eigenvalue weighted by molar-refractivity contribution is -0.137. The van der Waals surface area contributed by atoms with Gasteiger partial charge < -0.3 is 20.2 Å². The Labute approximate surface area is 120 Å². The summed E-state index contributed by atoms with van der Waals surface area (Å²) in [5.74, 6) is -0.326. The second-order valence-electron chi connectivity index (χ2n) is 5.86. The van der Waals surface area contributed by atoms with Crippen molar-refractivity contribution >= 4 is 12.0 Å². The number of hydrogen-bond acceptors (Lipinski definition) is 3. The molecule has 1 atom stereocenters. The van der Waals surface area contributed by atoms with Crippen LogP contribution in [0.3, 0.4) is 0 Å². The molecular weight excluding hydrogens is 258 g/mol. The SMILES string of the molecule is CNCC1CCCN(C(=O)N(CCC(=O)O)C2CC2)C1. The predicted molar refractivity (Wildman–Crippen MR) is 75.6 cm³/mol. The summed E-state index contributed by atoms with van der Waals surface area (Å²) in [6.45, 7) is 2.86. The Balaban J connectivity index is 1.90. The molecular formula is C14H25N3O3. The van der Waals surface area contributed by atoms with E-state index in [2.05, 4.69) is 5.32 Å². The average Bonchev–Trinajstić information content (AvgIpc) is 3.24. The zero-order valence-electron chi connectivity index (χ0n) is 12.2. The molecule has 2 fully saturated rings. The number of carbonyl (C=O) groups is 2. The van der Waals surface area contributed by atoms with Crippen LogP contribution >= 0.6 is 0 Å². The molecule has 0 aromatic heterocycles. The highest BCUT2D eigenvalue weighted by Crippen LogP contribution is 2.29. The molecule has 0 spiro atoms. The Kier molecular flexibility index (Phi) is 5.23. The number of nitrogens with one attached hydrogen (secondary N) is 1. The monoisotopic (exact) mass is 283 g/mol. The third-order valence-electron chi connectivity index (χ3n) is 4.08. The normalized spacial score (nSPS) is 22.6. The smallest absolute Gasteiger partial charge is 0.320 e. The van der Waals surface area contributed by atoms with Crippen molar-refractivity contribution < 1.29 is 14.7 Å². The quantitative estimate of drug-likeness (QED) is 0.762. The molecule has 2 rings (SSSR count). The van der Waals surface area contributed by atoms with Gasteiger partial charge >= 0.3 is 12.0 Å². The van der Waals surface area contributed by atoms with Crippen LogP contribution in [0.4, 0.5) is 4.79 Å². The van der Waals surface area contributed by atoms with Crippen molar-refractivity contribution in [3.63, 3.8) is 0 Å². The standard InChI is InChI=1S/C14H25N3O3/c1-15-9-11-3-2-7-16(10-11)14(20)17(12-4-5-12)8-6-13(18)19/h11-12,15H,2-10H2,1H3,(H,18,19). The Morgan fingerprint density at radius 3 is 2.70 bits per heavy atom. The summed E-state index contributed by atoms with van der Waals surface area (Å²) in [6, 6.07) is 0.307. The number of rotatable bonds is 6. The first-order valence-corrected chi connectivity index (χ1v) is 7.53. The largest absolute Gasteiger partial charge is 0.481 e. The minimum Gasteiger partial charge on any atom is -0.481 e. The van der Waals surface area contributed by atoms with Crippen molar-refractivity contribution in [2.45, 2.75) is 38.1 Å². The van der Waals surface area contributed by atoms with Crippen LogP contribution in [0.15, 0.2) is 0 Å². The fraction of sp³-hybridized carbons (Fsp3) is 0.857. The molecule has 2 aliphatic rings. The first kappa shape index (κ1) is 15.1. The summed E-state index contributed by atoms with van der Waals surface area (Å²) in [5.41, 5.74) is 0. The van der Waals surface area contributed by atoms with Crippen LogP contribution in [0.5, 0.6) is 0 Å². The van der Waals surface area contributed by atoms with Gasteiger partial charge in [0.25, 0.3) is 0 Å². The second kappa shape index (κ2) is 6.92. The van der Waals surface area contributed by atoms with Gasteiger partial charge in [-0.25, -0.2) is 4.79 Å². The first-order chi connectivity index (χ1) is 9.61. The lowest BCUT2D eigenvalue weighted by Crippen LogP contribution is -2.50. The Hall–Kier alpha value is -1.30. The highest BCUT2D eigenvalue weighted by molar-refractivity contribution is 5.76. The molecule has 6 nitrogen and oxygen atoms in total. The summed E-state index contributed by atoms with van der Waals surface area (Å²) >= 11 is 0. The summed E-state index contributed by atoms with van der Waals surface area (Å²) < 4.78 is 0. The van der Waals surface area contributed by atoms with E-state index in [1.165, 1.54) is 0 Å². The van der Waals surface area contributed by atoms with Crippen LogP contribution in [0, 0.1) is 5.92 Å². The van der Waals surface area contributed by atoms with Gasteiger partial charge in [0.2, 0.25) is 0 Å². The van der Waals surface area contributed by atoms with E-state index in [1.807, 2.05) is 11.9 Å². The third kappa shape index (κ3) is 4.10. The van der Waals surface area contributed by atoms with Crippen LogP contribution in [0.2, 0.25) is 0 Å². The molecule has 0 bridgehead atoms. The van der Waals surface area contributed by atoms with Gasteiger partial charge in [0.15, 0.2) is 0 Å². The number of likely N-dealkylation sites (tertiary alicyclic amines) is 1. The fourth-order valence-corrected chi connectivity index (χ4v) is 2.91. The van der Waals surface area contributed by atoms with E-state index in [-0.39, 0.29) is 18.5 Å². The van der Waals surface area contributed by atoms with Gasteiger partial charge in [-0.1, -0.05) is 0 Å². The second-order valence-corrected chi connectivity index (χ2v) is 5.86. The van der Waals surface area contributed by atoms with E-state index in [4.69, 9.17) is 5.11 Å². The van der Waals surface area contributed by atoms with Gasteiger partial charge in [-0.05, 0) is 45.2 Å². The van der Waals surface area contributed by atoms with E-state index >= 15 is 0 Å². The van der Waals surface area contributed by atoms with Gasteiger partial charge in [-0.15, -0.1) is 0 Å². The molecule has 0 radical (unpaired) electrons. The van der Waals surface area contributed by atoms with E-state index in [0.29, 0.717) is 12.5 Å². The number of carboxylic acid groups (broad SMARTS) is 1. The van der Waals surface area contributed by atoms with E-state index in [0.717, 1.165) is 45.3 Å². The van der Waals surface area contributed by atoms with Crippen molar-refractivity contribution in [3.05, 3.63) is 0 Å². The van der Waals surface area contributed by atoms with Crippen LogP contribution in [0.25, 0.3) is 0 Å². The number of urea groups is 1. The number of carboxylic acids is 1. The lowest BCUT2D eigenvalue weighted by Gasteiger charge is -2.36. The highest BCUT2D eigenvalue weighted by atomic mass is 16.4. The van der Waals surface area contributed by atoms with E-state index < -0.39 is 5.97 Å². The maximum Gasteiger partial charge on any atom is 0.320 e. The molecule has 1 heterocycles. The van der Waals surface area contributed by atoms with Crippen molar-refractivity contribution in [1.82, 2.24) is 15.1 Å². The van der Waals surface area contributed by atoms with Crippen molar-refractivity contribution in [3.8, 4) is 0 Å². The summed E-state index contributed by atoms with van der Waals surface area (Å²) in [7, 11) is 1.93. The molecule has 0 aromatic carbocycles. The average molecular weight is 283 g/mol. The number of aliphatic carboxylic acids is 1. The predicted octanol–water partition coefficient (Wildman–Crippen LogP) is 0.977. The fourth-order valence-electron chi connectivity index (χ4n) is 2.91. The first-order valence-electron chi connectivity index (χ1n) is 7.53. The number of nitrogens with zero attached hydrogens (tertiary/aromatic N) is 2. The minimum absolute atomic E-state index is 0.0366. The van der Waals surface area contributed by atoms with Gasteiger partial charge in [0.05, 0.1) is 6.42 Å². The minimum atomic E-state index is -0.838. The maximum atomic E-state index is 12.6. The molecule has 114 valence electrons. The topological polar surface area (TPSA) is 72.9 Å². The summed E-state index contributed by atoms with van der Waals surface area (Å²) in [6.07, 6.45) is 4.26. The van der Waals surface area contributed by atoms with Crippen molar-refractivity contribution in [1.29, 1.82) is 0 Å². The number of carbonyl (C=O) groups excluding carboxylic acids is 1.